The van der Waals surface area contributed by atoms with Crippen LogP contribution in [0, 0.1) is 0 Å². The molecule has 1 aliphatic heterocycles. The number of aliphatic imine (C=N–C) groups is 1. The van der Waals surface area contributed by atoms with Crippen molar-refractivity contribution in [1.29, 1.82) is 0 Å². The Balaban J connectivity index is 0.00000341. The van der Waals surface area contributed by atoms with E-state index in [0.717, 1.165) is 45.1 Å². The van der Waals surface area contributed by atoms with E-state index in [0.29, 0.717) is 18.0 Å². The third kappa shape index (κ3) is 9.80. The zero-order valence-corrected chi connectivity index (χ0v) is 21.5. The number of hydrogen-bond donors (Lipinski definition) is 2. The Morgan fingerprint density at radius 3 is 2.58 bits per heavy atom. The molecule has 1 aliphatic rings. The quantitative estimate of drug-likeness (QED) is 0.201. The van der Waals surface area contributed by atoms with Gasteiger partial charge in [-0.1, -0.05) is 49.4 Å². The van der Waals surface area contributed by atoms with E-state index in [9.17, 15) is 0 Å². The van der Waals surface area contributed by atoms with E-state index < -0.39 is 0 Å². The number of halogens is 1. The summed E-state index contributed by atoms with van der Waals surface area (Å²) >= 11 is 1.86. The van der Waals surface area contributed by atoms with Crippen LogP contribution >= 0.6 is 35.7 Å². The molecule has 0 aromatic heterocycles. The van der Waals surface area contributed by atoms with E-state index >= 15 is 0 Å². The van der Waals surface area contributed by atoms with Gasteiger partial charge in [-0.05, 0) is 36.1 Å². The zero-order valence-electron chi connectivity index (χ0n) is 18.4. The lowest BCUT2D eigenvalue weighted by molar-refractivity contribution is -0.0390. The van der Waals surface area contributed by atoms with Crippen molar-refractivity contribution >= 4 is 41.7 Å². The summed E-state index contributed by atoms with van der Waals surface area (Å²) in [7, 11) is 1.81. The van der Waals surface area contributed by atoms with Crippen LogP contribution in [0.1, 0.15) is 30.9 Å². The minimum absolute atomic E-state index is 0. The summed E-state index contributed by atoms with van der Waals surface area (Å²) in [6.45, 7) is 6.06. The van der Waals surface area contributed by atoms with Gasteiger partial charge < -0.3 is 20.1 Å². The predicted molar refractivity (Wildman–Crippen MR) is 140 cm³/mol. The van der Waals surface area contributed by atoms with Gasteiger partial charge in [-0.15, -0.1) is 35.7 Å². The second-order valence-electron chi connectivity index (χ2n) is 7.49. The zero-order chi connectivity index (χ0) is 21.0. The van der Waals surface area contributed by atoms with Gasteiger partial charge in [0.25, 0.3) is 0 Å². The molecular weight excluding hydrogens is 521 g/mol. The molecule has 7 heteroatoms. The van der Waals surface area contributed by atoms with Crippen molar-refractivity contribution in [3.8, 4) is 0 Å². The van der Waals surface area contributed by atoms with Crippen LogP contribution in [0.5, 0.6) is 0 Å². The molecule has 5 nitrogen and oxygen atoms in total. The van der Waals surface area contributed by atoms with Crippen LogP contribution in [0.2, 0.25) is 0 Å². The molecule has 31 heavy (non-hydrogen) atoms. The third-order valence-electron chi connectivity index (χ3n) is 4.97. The summed E-state index contributed by atoms with van der Waals surface area (Å²) < 4.78 is 11.4. The van der Waals surface area contributed by atoms with Gasteiger partial charge in [-0.3, -0.25) is 4.99 Å². The highest BCUT2D eigenvalue weighted by Gasteiger charge is 2.14. The van der Waals surface area contributed by atoms with Crippen molar-refractivity contribution in [3.05, 3.63) is 65.7 Å². The highest BCUT2D eigenvalue weighted by molar-refractivity contribution is 14.0. The van der Waals surface area contributed by atoms with E-state index in [1.807, 2.05) is 24.9 Å². The van der Waals surface area contributed by atoms with Crippen LogP contribution in [0.4, 0.5) is 0 Å². The summed E-state index contributed by atoms with van der Waals surface area (Å²) in [6, 6.07) is 19.0. The average molecular weight is 556 g/mol. The summed E-state index contributed by atoms with van der Waals surface area (Å²) in [6.07, 6.45) is 2.30. The number of thioether (sulfide) groups is 1. The number of nitrogens with zero attached hydrogens (tertiary/aromatic N) is 1. The highest BCUT2D eigenvalue weighted by atomic mass is 127. The molecule has 0 aliphatic carbocycles. The molecule has 170 valence electrons. The normalized spacial score (nSPS) is 15.7. The molecule has 1 fully saturated rings. The molecule has 1 unspecified atom stereocenters. The molecule has 1 saturated heterocycles. The van der Waals surface area contributed by atoms with Gasteiger partial charge >= 0.3 is 0 Å². The maximum absolute atomic E-state index is 6.05. The van der Waals surface area contributed by atoms with E-state index in [1.54, 1.807) is 0 Å². The van der Waals surface area contributed by atoms with Gasteiger partial charge in [0.05, 0.1) is 12.7 Å². The molecule has 1 heterocycles. The first-order chi connectivity index (χ1) is 14.7. The fraction of sp³-hybridized carbons (Fsp3) is 0.458. The molecule has 2 aromatic carbocycles. The second-order valence-corrected chi connectivity index (χ2v) is 9.00. The molecule has 0 bridgehead atoms. The van der Waals surface area contributed by atoms with Crippen molar-refractivity contribution in [3.63, 3.8) is 0 Å². The Bertz CT molecular complexity index is 785. The number of guanidine groups is 1. The molecule has 3 rings (SSSR count). The first-order valence-electron chi connectivity index (χ1n) is 10.7. The van der Waals surface area contributed by atoms with Gasteiger partial charge in [0.2, 0.25) is 0 Å². The minimum atomic E-state index is 0. The summed E-state index contributed by atoms with van der Waals surface area (Å²) in [4.78, 5) is 5.64. The van der Waals surface area contributed by atoms with Gasteiger partial charge in [0.15, 0.2) is 5.96 Å². The molecule has 0 spiro atoms. The van der Waals surface area contributed by atoms with Gasteiger partial charge in [-0.25, -0.2) is 0 Å². The highest BCUT2D eigenvalue weighted by Crippen LogP contribution is 2.21. The van der Waals surface area contributed by atoms with E-state index in [4.69, 9.17) is 9.47 Å². The number of hydrogen-bond acceptors (Lipinski definition) is 4. The lowest BCUT2D eigenvalue weighted by atomic mass is 10.1. The van der Waals surface area contributed by atoms with E-state index in [1.165, 1.54) is 16.0 Å². The molecule has 2 N–H and O–H groups in total. The largest absolute Gasteiger partial charge is 0.381 e. The van der Waals surface area contributed by atoms with Crippen molar-refractivity contribution < 1.29 is 9.47 Å². The average Bonchev–Trinajstić information content (AvgIpc) is 2.79. The van der Waals surface area contributed by atoms with Crippen molar-refractivity contribution in [2.75, 3.05) is 26.8 Å². The maximum Gasteiger partial charge on any atom is 0.191 e. The first-order valence-corrected chi connectivity index (χ1v) is 11.5. The van der Waals surface area contributed by atoms with Gasteiger partial charge in [-0.2, -0.15) is 0 Å². The Morgan fingerprint density at radius 2 is 1.84 bits per heavy atom. The maximum atomic E-state index is 6.05. The van der Waals surface area contributed by atoms with Crippen LogP contribution < -0.4 is 10.6 Å². The monoisotopic (exact) mass is 555 g/mol. The molecule has 0 radical (unpaired) electrons. The predicted octanol–water partition coefficient (Wildman–Crippen LogP) is 4.85. The summed E-state index contributed by atoms with van der Waals surface area (Å²) in [5.41, 5.74) is 2.43. The fourth-order valence-corrected chi connectivity index (χ4v) is 4.25. The van der Waals surface area contributed by atoms with Crippen LogP contribution in [0.15, 0.2) is 64.5 Å². The molecule has 0 saturated carbocycles. The number of ether oxygens (including phenoxy) is 2. The summed E-state index contributed by atoms with van der Waals surface area (Å²) in [5, 5.41) is 7.28. The van der Waals surface area contributed by atoms with Crippen molar-refractivity contribution in [2.24, 2.45) is 4.99 Å². The molecular formula is C24H34IN3O2S. The standard InChI is InChI=1S/C24H33N3O2S.HI/c1-19(30-23-9-4-3-5-10-23)16-26-24(25-2)27-17-20-7-6-8-21(15-20)18-29-22-11-13-28-14-12-22;/h3-10,15,19,22H,11-14,16-18H2,1-2H3,(H2,25,26,27);1H. The number of rotatable bonds is 9. The molecule has 0 amide bonds. The molecule has 2 aromatic rings. The van der Waals surface area contributed by atoms with E-state index in [2.05, 4.69) is 71.1 Å². The Morgan fingerprint density at radius 1 is 1.10 bits per heavy atom. The van der Waals surface area contributed by atoms with Gasteiger partial charge in [0, 0.05) is 43.5 Å². The van der Waals surface area contributed by atoms with Crippen LogP contribution in [-0.2, 0) is 22.6 Å². The van der Waals surface area contributed by atoms with Crippen LogP contribution in [0.3, 0.4) is 0 Å². The third-order valence-corrected chi connectivity index (χ3v) is 6.08. The summed E-state index contributed by atoms with van der Waals surface area (Å²) in [5.74, 6) is 0.819. The fourth-order valence-electron chi connectivity index (χ4n) is 3.31. The van der Waals surface area contributed by atoms with E-state index in [-0.39, 0.29) is 24.0 Å². The Hall–Kier alpha value is -1.29. The number of nitrogens with one attached hydrogen (secondary N) is 2. The van der Waals surface area contributed by atoms with Crippen LogP contribution in [0.25, 0.3) is 0 Å². The van der Waals surface area contributed by atoms with Gasteiger partial charge in [0.1, 0.15) is 0 Å². The smallest absolute Gasteiger partial charge is 0.191 e. The second kappa shape index (κ2) is 14.7. The SMILES string of the molecule is CN=C(NCc1cccc(COC2CCOCC2)c1)NCC(C)Sc1ccccc1.I. The van der Waals surface area contributed by atoms with Crippen molar-refractivity contribution in [1.82, 2.24) is 10.6 Å². The van der Waals surface area contributed by atoms with Crippen LogP contribution in [-0.4, -0.2) is 44.1 Å². The topological polar surface area (TPSA) is 54.9 Å². The Labute approximate surface area is 207 Å². The molecule has 1 atom stereocenters. The lowest BCUT2D eigenvalue weighted by Crippen LogP contribution is -2.39. The Kier molecular flexibility index (Phi) is 12.3. The number of benzene rings is 2. The lowest BCUT2D eigenvalue weighted by Gasteiger charge is -2.22. The minimum Gasteiger partial charge on any atom is -0.381 e. The first kappa shape index (κ1) is 26.0. The van der Waals surface area contributed by atoms with Crippen molar-refractivity contribution in [2.45, 2.75) is 49.2 Å².